The summed E-state index contributed by atoms with van der Waals surface area (Å²) in [6, 6.07) is 15.4. The van der Waals surface area contributed by atoms with Crippen LogP contribution in [0.3, 0.4) is 0 Å². The Hall–Kier alpha value is -2.14. The van der Waals surface area contributed by atoms with Gasteiger partial charge >= 0.3 is 5.76 Å². The molecular weight excluding hydrogens is 272 g/mol. The summed E-state index contributed by atoms with van der Waals surface area (Å²) in [6.07, 6.45) is 0. The van der Waals surface area contributed by atoms with E-state index in [1.807, 2.05) is 24.3 Å². The smallest absolute Gasteiger partial charge is 0.408 e. The molecule has 102 valence electrons. The topological polar surface area (TPSA) is 61.2 Å². The number of aryl methyl sites for hydroxylation is 1. The minimum atomic E-state index is -0.334. The number of aromatic nitrogens is 1. The average molecular weight is 286 g/mol. The van der Waals surface area contributed by atoms with Gasteiger partial charge in [-0.05, 0) is 24.3 Å². The lowest BCUT2D eigenvalue weighted by Gasteiger charge is -2.03. The summed E-state index contributed by atoms with van der Waals surface area (Å²) in [7, 11) is 0. The van der Waals surface area contributed by atoms with E-state index < -0.39 is 0 Å². The molecule has 0 aliphatic rings. The first-order valence-electron chi connectivity index (χ1n) is 6.31. The van der Waals surface area contributed by atoms with Crippen LogP contribution in [0.4, 0.5) is 5.69 Å². The highest BCUT2D eigenvalue weighted by Gasteiger charge is 2.09. The lowest BCUT2D eigenvalue weighted by molar-refractivity contribution is 0.514. The molecule has 0 amide bonds. The molecule has 3 rings (SSSR count). The number of nitrogens with two attached hydrogens (primary N) is 1. The van der Waals surface area contributed by atoms with Crippen LogP contribution >= 0.6 is 11.8 Å². The SMILES string of the molecule is Nc1ccc2c(c1)oc(=O)n2CCSc1ccccc1. The second-order valence-electron chi connectivity index (χ2n) is 4.41. The second-order valence-corrected chi connectivity index (χ2v) is 5.58. The number of hydrogen-bond donors (Lipinski definition) is 1. The molecule has 0 fully saturated rings. The summed E-state index contributed by atoms with van der Waals surface area (Å²) in [5, 5.41) is 0. The van der Waals surface area contributed by atoms with Crippen molar-refractivity contribution in [1.29, 1.82) is 0 Å². The molecule has 5 heteroatoms. The summed E-state index contributed by atoms with van der Waals surface area (Å²) in [5.74, 6) is 0.474. The maximum atomic E-state index is 11.8. The van der Waals surface area contributed by atoms with Crippen molar-refractivity contribution in [2.24, 2.45) is 0 Å². The zero-order valence-corrected chi connectivity index (χ0v) is 11.6. The Labute approximate surface area is 120 Å². The fraction of sp³-hybridized carbons (Fsp3) is 0.133. The van der Waals surface area contributed by atoms with Gasteiger partial charge in [-0.1, -0.05) is 18.2 Å². The molecule has 0 radical (unpaired) electrons. The number of anilines is 1. The first-order chi connectivity index (χ1) is 9.74. The number of nitrogen functional groups attached to an aromatic ring is 1. The molecule has 2 N–H and O–H groups in total. The molecule has 2 aromatic carbocycles. The van der Waals surface area contributed by atoms with Crippen molar-refractivity contribution < 1.29 is 4.42 Å². The van der Waals surface area contributed by atoms with Crippen LogP contribution in [0.2, 0.25) is 0 Å². The van der Waals surface area contributed by atoms with E-state index in [0.717, 1.165) is 11.3 Å². The van der Waals surface area contributed by atoms with Crippen LogP contribution in [0.25, 0.3) is 11.1 Å². The first kappa shape index (κ1) is 12.9. The number of nitrogens with zero attached hydrogens (tertiary/aromatic N) is 1. The quantitative estimate of drug-likeness (QED) is 0.591. The normalized spacial score (nSPS) is 11.0. The zero-order chi connectivity index (χ0) is 13.9. The summed E-state index contributed by atoms with van der Waals surface area (Å²) in [6.45, 7) is 0.606. The van der Waals surface area contributed by atoms with Crippen molar-refractivity contribution in [2.45, 2.75) is 11.4 Å². The minimum Gasteiger partial charge on any atom is -0.408 e. The highest BCUT2D eigenvalue weighted by Crippen LogP contribution is 2.19. The maximum Gasteiger partial charge on any atom is 0.419 e. The second kappa shape index (κ2) is 5.46. The Balaban J connectivity index is 1.78. The van der Waals surface area contributed by atoms with Gasteiger partial charge in [-0.15, -0.1) is 11.8 Å². The van der Waals surface area contributed by atoms with Crippen LogP contribution in [0.5, 0.6) is 0 Å². The molecule has 0 aliphatic carbocycles. The lowest BCUT2D eigenvalue weighted by Crippen LogP contribution is -2.15. The summed E-state index contributed by atoms with van der Waals surface area (Å²) in [5.41, 5.74) is 7.61. The van der Waals surface area contributed by atoms with Gasteiger partial charge in [-0.3, -0.25) is 4.57 Å². The van der Waals surface area contributed by atoms with Crippen molar-refractivity contribution >= 4 is 28.5 Å². The van der Waals surface area contributed by atoms with Gasteiger partial charge in [0.15, 0.2) is 5.58 Å². The predicted molar refractivity (Wildman–Crippen MR) is 82.1 cm³/mol. The standard InChI is InChI=1S/C15H14N2O2S/c16-11-6-7-13-14(10-11)19-15(18)17(13)8-9-20-12-4-2-1-3-5-12/h1-7,10H,8-9,16H2. The Bertz CT molecular complexity index is 777. The van der Waals surface area contributed by atoms with E-state index in [0.29, 0.717) is 17.8 Å². The number of hydrogen-bond acceptors (Lipinski definition) is 4. The van der Waals surface area contributed by atoms with Gasteiger partial charge in [0.1, 0.15) is 0 Å². The third kappa shape index (κ3) is 2.58. The van der Waals surface area contributed by atoms with Crippen LogP contribution in [-0.4, -0.2) is 10.3 Å². The van der Waals surface area contributed by atoms with Crippen LogP contribution < -0.4 is 11.5 Å². The summed E-state index contributed by atoms with van der Waals surface area (Å²) < 4.78 is 6.84. The van der Waals surface area contributed by atoms with Gasteiger partial charge in [0.2, 0.25) is 0 Å². The number of benzene rings is 2. The fourth-order valence-electron chi connectivity index (χ4n) is 2.07. The predicted octanol–water partition coefficient (Wildman–Crippen LogP) is 2.97. The van der Waals surface area contributed by atoms with Crippen LogP contribution in [-0.2, 0) is 6.54 Å². The van der Waals surface area contributed by atoms with E-state index in [4.69, 9.17) is 10.2 Å². The fourth-order valence-corrected chi connectivity index (χ4v) is 2.93. The minimum absolute atomic E-state index is 0.334. The van der Waals surface area contributed by atoms with E-state index in [9.17, 15) is 4.79 Å². The van der Waals surface area contributed by atoms with Crippen LogP contribution in [0.1, 0.15) is 0 Å². The van der Waals surface area contributed by atoms with Crippen LogP contribution in [0.15, 0.2) is 62.6 Å². The Morgan fingerprint density at radius 2 is 1.95 bits per heavy atom. The third-order valence-corrected chi connectivity index (χ3v) is 4.01. The molecule has 0 unspecified atom stereocenters. The lowest BCUT2D eigenvalue weighted by atomic mass is 10.3. The van der Waals surface area contributed by atoms with Gasteiger partial charge in [0.05, 0.1) is 5.52 Å². The Morgan fingerprint density at radius 3 is 2.75 bits per heavy atom. The average Bonchev–Trinajstić information content (AvgIpc) is 2.75. The summed E-state index contributed by atoms with van der Waals surface area (Å²) >= 11 is 1.71. The van der Waals surface area contributed by atoms with E-state index in [1.54, 1.807) is 28.5 Å². The highest BCUT2D eigenvalue weighted by atomic mass is 32.2. The molecule has 3 aromatic rings. The van der Waals surface area contributed by atoms with E-state index in [-0.39, 0.29) is 5.76 Å². The van der Waals surface area contributed by atoms with Crippen LogP contribution in [0, 0.1) is 0 Å². The molecule has 0 saturated heterocycles. The van der Waals surface area contributed by atoms with Crippen molar-refractivity contribution in [3.05, 3.63) is 59.1 Å². The number of thioether (sulfide) groups is 1. The molecule has 0 bridgehead atoms. The van der Waals surface area contributed by atoms with E-state index in [1.165, 1.54) is 4.90 Å². The number of fused-ring (bicyclic) bond motifs is 1. The van der Waals surface area contributed by atoms with Crippen molar-refractivity contribution in [3.63, 3.8) is 0 Å². The summed E-state index contributed by atoms with van der Waals surface area (Å²) in [4.78, 5) is 13.0. The van der Waals surface area contributed by atoms with Gasteiger partial charge in [-0.2, -0.15) is 0 Å². The Kier molecular flexibility index (Phi) is 3.52. The van der Waals surface area contributed by atoms with Crippen molar-refractivity contribution in [1.82, 2.24) is 4.57 Å². The number of rotatable bonds is 4. The van der Waals surface area contributed by atoms with Gasteiger partial charge in [0, 0.05) is 28.9 Å². The molecular formula is C15H14N2O2S. The molecule has 1 heterocycles. The van der Waals surface area contributed by atoms with E-state index in [2.05, 4.69) is 12.1 Å². The van der Waals surface area contributed by atoms with Crippen molar-refractivity contribution in [3.8, 4) is 0 Å². The molecule has 1 aromatic heterocycles. The number of oxazole rings is 1. The van der Waals surface area contributed by atoms with E-state index >= 15 is 0 Å². The van der Waals surface area contributed by atoms with Gasteiger partial charge in [0.25, 0.3) is 0 Å². The molecule has 0 atom stereocenters. The zero-order valence-electron chi connectivity index (χ0n) is 10.8. The molecule has 4 nitrogen and oxygen atoms in total. The molecule has 0 spiro atoms. The Morgan fingerprint density at radius 1 is 1.15 bits per heavy atom. The maximum absolute atomic E-state index is 11.8. The van der Waals surface area contributed by atoms with Gasteiger partial charge < -0.3 is 10.2 Å². The monoisotopic (exact) mass is 286 g/mol. The van der Waals surface area contributed by atoms with Crippen molar-refractivity contribution in [2.75, 3.05) is 11.5 Å². The third-order valence-electron chi connectivity index (χ3n) is 3.02. The molecule has 20 heavy (non-hydrogen) atoms. The largest absolute Gasteiger partial charge is 0.419 e. The molecule has 0 aliphatic heterocycles. The van der Waals surface area contributed by atoms with Gasteiger partial charge in [-0.25, -0.2) is 4.79 Å². The molecule has 0 saturated carbocycles. The first-order valence-corrected chi connectivity index (χ1v) is 7.29. The highest BCUT2D eigenvalue weighted by molar-refractivity contribution is 7.99.